The van der Waals surface area contributed by atoms with Crippen LogP contribution < -0.4 is 5.73 Å². The average molecular weight is 259 g/mol. The van der Waals surface area contributed by atoms with Crippen molar-refractivity contribution in [1.29, 1.82) is 0 Å². The first-order valence-electron chi connectivity index (χ1n) is 6.94. The van der Waals surface area contributed by atoms with Crippen LogP contribution in [-0.4, -0.2) is 19.3 Å². The Morgan fingerprint density at radius 2 is 2.16 bits per heavy atom. The van der Waals surface area contributed by atoms with Crippen LogP contribution in [0.5, 0.6) is 0 Å². The van der Waals surface area contributed by atoms with E-state index < -0.39 is 0 Å². The number of hydrogen-bond donors (Lipinski definition) is 1. The summed E-state index contributed by atoms with van der Waals surface area (Å²) in [6.45, 7) is 2.73. The van der Waals surface area contributed by atoms with E-state index in [2.05, 4.69) is 27.2 Å². The van der Waals surface area contributed by atoms with Gasteiger partial charge in [-0.2, -0.15) is 0 Å². The fourth-order valence-electron chi connectivity index (χ4n) is 2.79. The molecule has 5 heteroatoms. The van der Waals surface area contributed by atoms with E-state index in [1.165, 1.54) is 24.0 Å². The highest BCUT2D eigenvalue weighted by molar-refractivity contribution is 5.29. The van der Waals surface area contributed by atoms with Gasteiger partial charge < -0.3 is 14.9 Å². The van der Waals surface area contributed by atoms with E-state index in [1.807, 2.05) is 18.5 Å². The first-order valence-corrected chi connectivity index (χ1v) is 6.94. The Bertz CT molecular complexity index is 581. The number of aromatic nitrogens is 4. The summed E-state index contributed by atoms with van der Waals surface area (Å²) in [5.74, 6) is 1.93. The molecule has 102 valence electrons. The Labute approximate surface area is 113 Å². The van der Waals surface area contributed by atoms with Gasteiger partial charge in [0.15, 0.2) is 5.82 Å². The molecule has 1 aliphatic rings. The lowest BCUT2D eigenvalue weighted by Gasteiger charge is -2.07. The van der Waals surface area contributed by atoms with Crippen LogP contribution in [0.15, 0.2) is 12.4 Å². The molecule has 3 rings (SSSR count). The molecule has 0 spiro atoms. The van der Waals surface area contributed by atoms with Crippen LogP contribution in [-0.2, 0) is 20.0 Å². The largest absolute Gasteiger partial charge is 0.346 e. The van der Waals surface area contributed by atoms with E-state index >= 15 is 0 Å². The van der Waals surface area contributed by atoms with Crippen molar-refractivity contribution in [3.8, 4) is 0 Å². The van der Waals surface area contributed by atoms with Gasteiger partial charge in [0, 0.05) is 25.5 Å². The number of hydrogen-bond acceptors (Lipinski definition) is 3. The van der Waals surface area contributed by atoms with Gasteiger partial charge in [0.2, 0.25) is 0 Å². The summed E-state index contributed by atoms with van der Waals surface area (Å²) in [5.41, 5.74) is 8.96. The summed E-state index contributed by atoms with van der Waals surface area (Å²) in [6.07, 6.45) is 9.14. The van der Waals surface area contributed by atoms with Gasteiger partial charge >= 0.3 is 0 Å². The molecule has 2 aromatic rings. The molecule has 0 aromatic carbocycles. The summed E-state index contributed by atoms with van der Waals surface area (Å²) in [5, 5.41) is 8.31. The van der Waals surface area contributed by atoms with Crippen LogP contribution in [0, 0.1) is 6.92 Å². The quantitative estimate of drug-likeness (QED) is 0.835. The van der Waals surface area contributed by atoms with Crippen molar-refractivity contribution in [2.75, 3.05) is 0 Å². The van der Waals surface area contributed by atoms with Gasteiger partial charge in [-0.1, -0.05) is 6.42 Å². The zero-order chi connectivity index (χ0) is 13.4. The Morgan fingerprint density at radius 1 is 1.32 bits per heavy atom. The van der Waals surface area contributed by atoms with E-state index in [4.69, 9.17) is 5.73 Å². The SMILES string of the molecule is Cc1nnc(Cn2cc3c(c2)C(N)CCCC3)n1C. The van der Waals surface area contributed by atoms with Gasteiger partial charge in [-0.05, 0) is 37.3 Å². The standard InChI is InChI=1S/C14H21N5/c1-10-16-17-14(18(10)2)9-19-7-11-5-3-4-6-13(15)12(11)8-19/h7-8,13H,3-6,9,15H2,1-2H3. The van der Waals surface area contributed by atoms with Crippen molar-refractivity contribution in [1.82, 2.24) is 19.3 Å². The van der Waals surface area contributed by atoms with Crippen molar-refractivity contribution in [3.05, 3.63) is 35.2 Å². The smallest absolute Gasteiger partial charge is 0.152 e. The normalized spacial score (nSPS) is 19.2. The van der Waals surface area contributed by atoms with Gasteiger partial charge in [0.05, 0.1) is 6.54 Å². The molecule has 2 N–H and O–H groups in total. The fourth-order valence-corrected chi connectivity index (χ4v) is 2.79. The average Bonchev–Trinajstić information content (AvgIpc) is 2.88. The minimum absolute atomic E-state index is 0.194. The third-order valence-corrected chi connectivity index (χ3v) is 4.11. The predicted molar refractivity (Wildman–Crippen MR) is 73.8 cm³/mol. The monoisotopic (exact) mass is 259 g/mol. The minimum Gasteiger partial charge on any atom is -0.346 e. The molecule has 0 saturated carbocycles. The highest BCUT2D eigenvalue weighted by atomic mass is 15.3. The van der Waals surface area contributed by atoms with Crippen LogP contribution in [0.3, 0.4) is 0 Å². The molecular weight excluding hydrogens is 238 g/mol. The first kappa shape index (κ1) is 12.4. The van der Waals surface area contributed by atoms with E-state index in [0.29, 0.717) is 0 Å². The molecule has 0 bridgehead atoms. The molecule has 0 saturated heterocycles. The maximum absolute atomic E-state index is 6.24. The Balaban J connectivity index is 1.87. The zero-order valence-corrected chi connectivity index (χ0v) is 11.6. The highest BCUT2D eigenvalue weighted by Crippen LogP contribution is 2.27. The molecule has 0 aliphatic heterocycles. The molecule has 1 atom stereocenters. The number of fused-ring (bicyclic) bond motifs is 1. The fraction of sp³-hybridized carbons (Fsp3) is 0.571. The molecule has 0 amide bonds. The lowest BCUT2D eigenvalue weighted by Crippen LogP contribution is -2.09. The van der Waals surface area contributed by atoms with E-state index in [1.54, 1.807) is 0 Å². The number of nitrogens with zero attached hydrogens (tertiary/aromatic N) is 4. The minimum atomic E-state index is 0.194. The maximum Gasteiger partial charge on any atom is 0.152 e. The van der Waals surface area contributed by atoms with Gasteiger partial charge in [-0.15, -0.1) is 10.2 Å². The van der Waals surface area contributed by atoms with Crippen LogP contribution in [0.4, 0.5) is 0 Å². The van der Waals surface area contributed by atoms with Crippen molar-refractivity contribution in [2.24, 2.45) is 12.8 Å². The summed E-state index contributed by atoms with van der Waals surface area (Å²) >= 11 is 0. The summed E-state index contributed by atoms with van der Waals surface area (Å²) in [6, 6.07) is 0.194. The third-order valence-electron chi connectivity index (χ3n) is 4.11. The highest BCUT2D eigenvalue weighted by Gasteiger charge is 2.18. The summed E-state index contributed by atoms with van der Waals surface area (Å²) in [4.78, 5) is 0. The lowest BCUT2D eigenvalue weighted by atomic mass is 10.1. The summed E-state index contributed by atoms with van der Waals surface area (Å²) < 4.78 is 4.23. The molecule has 0 fully saturated rings. The molecule has 0 radical (unpaired) electrons. The van der Waals surface area contributed by atoms with Crippen molar-refractivity contribution in [2.45, 2.75) is 45.2 Å². The number of nitrogens with two attached hydrogens (primary N) is 1. The molecule has 1 aliphatic carbocycles. The second kappa shape index (κ2) is 4.81. The van der Waals surface area contributed by atoms with Crippen LogP contribution in [0.25, 0.3) is 0 Å². The number of rotatable bonds is 2. The molecule has 2 heterocycles. The summed E-state index contributed by atoms with van der Waals surface area (Å²) in [7, 11) is 2.00. The zero-order valence-electron chi connectivity index (χ0n) is 11.6. The molecule has 2 aromatic heterocycles. The molecule has 5 nitrogen and oxygen atoms in total. The topological polar surface area (TPSA) is 61.7 Å². The third kappa shape index (κ3) is 2.30. The van der Waals surface area contributed by atoms with Crippen LogP contribution in [0.1, 0.15) is 48.1 Å². The van der Waals surface area contributed by atoms with E-state index in [-0.39, 0.29) is 6.04 Å². The van der Waals surface area contributed by atoms with Gasteiger partial charge in [0.1, 0.15) is 5.82 Å². The van der Waals surface area contributed by atoms with Crippen LogP contribution in [0.2, 0.25) is 0 Å². The first-order chi connectivity index (χ1) is 9.15. The van der Waals surface area contributed by atoms with Gasteiger partial charge in [-0.25, -0.2) is 0 Å². The van der Waals surface area contributed by atoms with Crippen molar-refractivity contribution in [3.63, 3.8) is 0 Å². The second-order valence-corrected chi connectivity index (χ2v) is 5.49. The Morgan fingerprint density at radius 3 is 2.89 bits per heavy atom. The van der Waals surface area contributed by atoms with Gasteiger partial charge in [0.25, 0.3) is 0 Å². The molecule has 19 heavy (non-hydrogen) atoms. The lowest BCUT2D eigenvalue weighted by molar-refractivity contribution is 0.607. The van der Waals surface area contributed by atoms with Gasteiger partial charge in [-0.3, -0.25) is 0 Å². The van der Waals surface area contributed by atoms with Crippen molar-refractivity contribution < 1.29 is 0 Å². The Hall–Kier alpha value is -1.62. The van der Waals surface area contributed by atoms with Crippen LogP contribution >= 0.6 is 0 Å². The van der Waals surface area contributed by atoms with E-state index in [0.717, 1.165) is 31.0 Å². The molecular formula is C14H21N5. The Kier molecular flexibility index (Phi) is 3.14. The van der Waals surface area contributed by atoms with E-state index in [9.17, 15) is 0 Å². The predicted octanol–water partition coefficient (Wildman–Crippen LogP) is 1.70. The number of aryl methyl sites for hydroxylation is 2. The second-order valence-electron chi connectivity index (χ2n) is 5.49. The maximum atomic E-state index is 6.24. The van der Waals surface area contributed by atoms with Crippen molar-refractivity contribution >= 4 is 0 Å². The molecule has 1 unspecified atom stereocenters.